The second-order valence-electron chi connectivity index (χ2n) is 15.5. The fourth-order valence-corrected chi connectivity index (χ4v) is 8.68. The van der Waals surface area contributed by atoms with E-state index >= 15 is 0 Å². The number of ether oxygens (including phenoxy) is 2. The number of fused-ring (bicyclic) bond motifs is 3. The maximum absolute atomic E-state index is 14.1. The molecule has 0 aliphatic carbocycles. The van der Waals surface area contributed by atoms with Crippen LogP contribution in [0, 0.1) is 17.8 Å². The maximum atomic E-state index is 14.1. The Morgan fingerprint density at radius 1 is 1.22 bits per heavy atom. The van der Waals surface area contributed by atoms with Gasteiger partial charge in [0.15, 0.2) is 5.43 Å². The fourth-order valence-electron chi connectivity index (χ4n) is 8.68. The van der Waals surface area contributed by atoms with E-state index in [1.165, 1.54) is 12.1 Å². The summed E-state index contributed by atoms with van der Waals surface area (Å²) in [7, 11) is 1.79. The molecule has 6 unspecified atom stereocenters. The number of benzene rings is 2. The summed E-state index contributed by atoms with van der Waals surface area (Å²) in [6, 6.07) is 7.55. The zero-order valence-corrected chi connectivity index (χ0v) is 33.3. The Balaban J connectivity index is 1.59. The molecular formula is C45H51N5O9. The van der Waals surface area contributed by atoms with Gasteiger partial charge in [-0.2, -0.15) is 0 Å². The molecule has 5 heterocycles. The van der Waals surface area contributed by atoms with Gasteiger partial charge in [0.1, 0.15) is 52.3 Å². The Kier molecular flexibility index (Phi) is 11.7. The van der Waals surface area contributed by atoms with Gasteiger partial charge in [0, 0.05) is 60.2 Å². The zero-order valence-electron chi connectivity index (χ0n) is 33.3. The highest BCUT2D eigenvalue weighted by Crippen LogP contribution is 2.57. The third-order valence-corrected chi connectivity index (χ3v) is 11.9. The largest absolute Gasteiger partial charge is 0.508 e. The lowest BCUT2D eigenvalue weighted by molar-refractivity contribution is -0.164. The summed E-state index contributed by atoms with van der Waals surface area (Å²) in [6.45, 7) is 3.22. The number of dihydropyridines is 2. The van der Waals surface area contributed by atoms with Crippen molar-refractivity contribution in [3.63, 3.8) is 0 Å². The first kappa shape index (κ1) is 41.2. The number of nitrogens with two attached hydrogens (primary N) is 2. The summed E-state index contributed by atoms with van der Waals surface area (Å²) < 4.78 is 20.1. The normalized spacial score (nSPS) is 26.2. The van der Waals surface area contributed by atoms with E-state index in [9.17, 15) is 30.0 Å². The van der Waals surface area contributed by atoms with Crippen LogP contribution >= 0.6 is 0 Å². The minimum Gasteiger partial charge on any atom is -0.508 e. The van der Waals surface area contributed by atoms with Gasteiger partial charge in [-0.15, -0.1) is 5.92 Å². The second kappa shape index (κ2) is 16.7. The first-order valence-electron chi connectivity index (χ1n) is 19.7. The average Bonchev–Trinajstić information content (AvgIpc) is 3.22. The van der Waals surface area contributed by atoms with Crippen molar-refractivity contribution in [1.29, 1.82) is 0 Å². The van der Waals surface area contributed by atoms with Crippen molar-refractivity contribution < 1.29 is 39.1 Å². The molecule has 11 N–H and O–H groups in total. The molecule has 7 rings (SSSR count). The van der Waals surface area contributed by atoms with Crippen LogP contribution in [0.25, 0.3) is 11.0 Å². The lowest BCUT2D eigenvalue weighted by Crippen LogP contribution is -2.57. The number of phenolic OH excluding ortho intramolecular Hbond substituents is 2. The van der Waals surface area contributed by atoms with E-state index in [2.05, 4.69) is 27.8 Å². The number of aromatic hydroxyl groups is 2. The van der Waals surface area contributed by atoms with Gasteiger partial charge in [-0.3, -0.25) is 4.79 Å². The number of hydrogen-bond donors (Lipinski definition) is 9. The van der Waals surface area contributed by atoms with Crippen molar-refractivity contribution >= 4 is 16.9 Å². The van der Waals surface area contributed by atoms with Crippen LogP contribution in [0.3, 0.4) is 0 Å². The van der Waals surface area contributed by atoms with Crippen LogP contribution in [0.1, 0.15) is 61.5 Å². The minimum atomic E-state index is -1.57. The molecule has 14 nitrogen and oxygen atoms in total. The van der Waals surface area contributed by atoms with Crippen molar-refractivity contribution in [2.75, 3.05) is 26.7 Å². The third kappa shape index (κ3) is 7.58. The van der Waals surface area contributed by atoms with Gasteiger partial charge in [-0.25, -0.2) is 4.79 Å². The van der Waals surface area contributed by atoms with Gasteiger partial charge in [0.25, 0.3) is 0 Å². The van der Waals surface area contributed by atoms with Gasteiger partial charge >= 0.3 is 5.97 Å². The summed E-state index contributed by atoms with van der Waals surface area (Å²) in [5.74, 6) is 4.64. The van der Waals surface area contributed by atoms with E-state index in [1.54, 1.807) is 38.3 Å². The number of hydrogen-bond acceptors (Lipinski definition) is 14. The molecule has 2 bridgehead atoms. The van der Waals surface area contributed by atoms with Crippen molar-refractivity contribution in [3.05, 3.63) is 122 Å². The predicted molar refractivity (Wildman–Crippen MR) is 222 cm³/mol. The minimum absolute atomic E-state index is 0.0719. The second-order valence-corrected chi connectivity index (χ2v) is 15.5. The van der Waals surface area contributed by atoms with Gasteiger partial charge in [0.2, 0.25) is 0 Å². The molecule has 6 atom stereocenters. The topological polar surface area (TPSA) is 235 Å². The summed E-state index contributed by atoms with van der Waals surface area (Å²) in [5, 5.41) is 54.4. The Morgan fingerprint density at radius 3 is 2.71 bits per heavy atom. The maximum Gasteiger partial charge on any atom is 0.334 e. The smallest absolute Gasteiger partial charge is 0.334 e. The van der Waals surface area contributed by atoms with Crippen LogP contribution in [-0.2, 0) is 28.0 Å². The number of phenols is 2. The third-order valence-electron chi connectivity index (χ3n) is 11.9. The highest BCUT2D eigenvalue weighted by atomic mass is 16.6. The Hall–Kier alpha value is -5.98. The summed E-state index contributed by atoms with van der Waals surface area (Å²) in [5.41, 5.74) is 11.6. The number of carbonyl (C=O) groups is 1. The van der Waals surface area contributed by atoms with Gasteiger partial charge < -0.3 is 61.7 Å². The molecule has 0 saturated heterocycles. The number of carbonyl (C=O) groups excluding carboxylic acids is 1. The molecule has 4 aliphatic heterocycles. The van der Waals surface area contributed by atoms with E-state index in [1.807, 2.05) is 31.4 Å². The Morgan fingerprint density at radius 2 is 2.03 bits per heavy atom. The molecule has 0 amide bonds. The first-order chi connectivity index (χ1) is 28.4. The summed E-state index contributed by atoms with van der Waals surface area (Å²) >= 11 is 0. The van der Waals surface area contributed by atoms with E-state index in [4.69, 9.17) is 25.4 Å². The van der Waals surface area contributed by atoms with Crippen molar-refractivity contribution in [2.45, 2.75) is 75.3 Å². The molecular weight excluding hydrogens is 755 g/mol. The molecule has 4 aliphatic rings. The van der Waals surface area contributed by atoms with Crippen LogP contribution < -0.4 is 37.6 Å². The highest BCUT2D eigenvalue weighted by Gasteiger charge is 2.54. The molecule has 14 heteroatoms. The van der Waals surface area contributed by atoms with Crippen molar-refractivity contribution in [3.8, 4) is 29.1 Å². The number of rotatable bonds is 11. The van der Waals surface area contributed by atoms with E-state index < -0.39 is 59.3 Å². The molecule has 3 aromatic rings. The van der Waals surface area contributed by atoms with Crippen LogP contribution in [0.15, 0.2) is 98.7 Å². The van der Waals surface area contributed by atoms with Gasteiger partial charge in [-0.1, -0.05) is 36.3 Å². The van der Waals surface area contributed by atoms with Crippen LogP contribution in [0.2, 0.25) is 0 Å². The van der Waals surface area contributed by atoms with Gasteiger partial charge in [-0.05, 0) is 81.3 Å². The molecule has 0 radical (unpaired) electrons. The number of allylic oxidation sites excluding steroid dienone is 5. The summed E-state index contributed by atoms with van der Waals surface area (Å²) in [6.07, 6.45) is 10.3. The number of aliphatic hydroxyl groups is 2. The quantitative estimate of drug-likeness (QED) is 0.0771. The molecule has 0 saturated carbocycles. The van der Waals surface area contributed by atoms with Crippen molar-refractivity contribution in [2.24, 2.45) is 17.4 Å². The monoisotopic (exact) mass is 805 g/mol. The molecule has 2 aromatic carbocycles. The fraction of sp³-hybridized carbons (Fsp3) is 0.378. The zero-order chi connectivity index (χ0) is 42.1. The Bertz CT molecular complexity index is 2440. The Labute approximate surface area is 342 Å². The SMILES string of the molecule is CC=C(CCNC)C(=O)OC1Cc2c3c(c4oc(CO)cc(=O)c4c2O)C(C2=CCNC(N)=C2)C(CO)(c2cccc(O)c2)C#CCC(CC2=CNC(N)C=C2)C1(C)O3. The number of aliphatic hydroxyl groups excluding tert-OH is 2. The van der Waals surface area contributed by atoms with Gasteiger partial charge in [0.05, 0.1) is 24.0 Å². The standard InChI is InChI=1S/C45H51N5O9/c1-4-26(12-15-48-3)43(56)58-34-21-32-40(55)37-33(54)20-31(23-51)57-42(37)38-39(27-13-16-49-36(47)18-27)45(24-52,29-7-5-9-30(53)19-29)14-6-8-28(44(34,2)59-41(32)38)17-25-10-11-35(46)50-22-25/h4-5,7,9-11,13,18-20,22,28,34-35,39,48-53,55H,8,12,15-17,21,23-24,46-47H2,1-3H3. The molecule has 0 spiro atoms. The molecule has 59 heavy (non-hydrogen) atoms. The number of nitrogens with one attached hydrogen (secondary N) is 3. The number of esters is 1. The lowest BCUT2D eigenvalue weighted by atomic mass is 9.63. The molecule has 310 valence electrons. The molecule has 1 aromatic heterocycles. The lowest BCUT2D eigenvalue weighted by Gasteiger charge is -2.48. The van der Waals surface area contributed by atoms with E-state index in [0.717, 1.165) is 11.6 Å². The highest BCUT2D eigenvalue weighted by molar-refractivity contribution is 5.92. The van der Waals surface area contributed by atoms with Crippen molar-refractivity contribution in [1.82, 2.24) is 16.0 Å². The van der Waals surface area contributed by atoms with Crippen LogP contribution in [0.5, 0.6) is 17.2 Å². The van der Waals surface area contributed by atoms with E-state index in [-0.39, 0.29) is 58.4 Å². The van der Waals surface area contributed by atoms with E-state index in [0.29, 0.717) is 48.5 Å². The van der Waals surface area contributed by atoms with Crippen LogP contribution in [0.4, 0.5) is 0 Å². The first-order valence-corrected chi connectivity index (χ1v) is 19.7. The average molecular weight is 806 g/mol. The summed E-state index contributed by atoms with van der Waals surface area (Å²) in [4.78, 5) is 28.1. The predicted octanol–water partition coefficient (Wildman–Crippen LogP) is 2.94. The molecule has 0 fully saturated rings. The van der Waals surface area contributed by atoms with Crippen LogP contribution in [-0.4, -0.2) is 71.0 Å².